The summed E-state index contributed by atoms with van der Waals surface area (Å²) in [6.07, 6.45) is 2.47. The summed E-state index contributed by atoms with van der Waals surface area (Å²) in [5.41, 5.74) is 6.41. The molecule has 0 atom stereocenters. The summed E-state index contributed by atoms with van der Waals surface area (Å²) < 4.78 is 15.1. The Morgan fingerprint density at radius 2 is 2.11 bits per heavy atom. The summed E-state index contributed by atoms with van der Waals surface area (Å²) >= 11 is 0. The number of fused-ring (bicyclic) bond motifs is 1. The monoisotopic (exact) mass is 248 g/mol. The number of hydrogen-bond donors (Lipinski definition) is 1. The lowest BCUT2D eigenvalue weighted by molar-refractivity contribution is 0.628. The molecule has 0 spiro atoms. The third kappa shape index (κ3) is 2.29. The number of benzene rings is 1. The van der Waals surface area contributed by atoms with Gasteiger partial charge < -0.3 is 10.3 Å². The van der Waals surface area contributed by atoms with Gasteiger partial charge in [-0.25, -0.2) is 4.39 Å². The molecule has 0 fully saturated rings. The second-order valence-electron chi connectivity index (χ2n) is 4.46. The number of halogens is 1. The Hall–Kier alpha value is -1.68. The molecule has 0 amide bonds. The van der Waals surface area contributed by atoms with Gasteiger partial charge in [-0.2, -0.15) is 0 Å². The zero-order valence-corrected chi connectivity index (χ0v) is 10.4. The van der Waals surface area contributed by atoms with E-state index >= 15 is 0 Å². The van der Waals surface area contributed by atoms with Crippen molar-refractivity contribution in [2.75, 3.05) is 6.54 Å². The Balaban J connectivity index is 2.51. The van der Waals surface area contributed by atoms with E-state index in [1.54, 1.807) is 19.2 Å². The molecule has 18 heavy (non-hydrogen) atoms. The van der Waals surface area contributed by atoms with Gasteiger partial charge in [-0.15, -0.1) is 0 Å². The van der Waals surface area contributed by atoms with Crippen LogP contribution in [0.2, 0.25) is 0 Å². The predicted molar refractivity (Wildman–Crippen MR) is 71.1 cm³/mol. The van der Waals surface area contributed by atoms with E-state index in [9.17, 15) is 9.18 Å². The van der Waals surface area contributed by atoms with Gasteiger partial charge in [-0.3, -0.25) is 4.79 Å². The Bertz CT molecular complexity index is 619. The van der Waals surface area contributed by atoms with Gasteiger partial charge in [-0.05, 0) is 37.9 Å². The van der Waals surface area contributed by atoms with Gasteiger partial charge in [0, 0.05) is 18.0 Å². The van der Waals surface area contributed by atoms with Gasteiger partial charge in [0.2, 0.25) is 0 Å². The zero-order valence-electron chi connectivity index (χ0n) is 10.4. The number of rotatable bonds is 4. The lowest BCUT2D eigenvalue weighted by Gasteiger charge is -2.09. The molecule has 0 radical (unpaired) electrons. The predicted octanol–water partition coefficient (Wildman–Crippen LogP) is 1.96. The van der Waals surface area contributed by atoms with Crippen molar-refractivity contribution in [2.45, 2.75) is 19.3 Å². The highest BCUT2D eigenvalue weighted by atomic mass is 19.1. The average Bonchev–Trinajstić information content (AvgIpc) is 2.35. The minimum atomic E-state index is -0.361. The molecule has 2 rings (SSSR count). The molecule has 0 bridgehead atoms. The van der Waals surface area contributed by atoms with Crippen LogP contribution >= 0.6 is 0 Å². The molecule has 96 valence electrons. The summed E-state index contributed by atoms with van der Waals surface area (Å²) in [7, 11) is 1.61. The van der Waals surface area contributed by atoms with Crippen LogP contribution in [0, 0.1) is 5.82 Å². The average molecular weight is 248 g/mol. The number of nitrogens with two attached hydrogens (primary N) is 1. The van der Waals surface area contributed by atoms with Crippen LogP contribution in [0.5, 0.6) is 0 Å². The molecule has 1 aromatic carbocycles. The van der Waals surface area contributed by atoms with Crippen LogP contribution in [-0.2, 0) is 13.5 Å². The van der Waals surface area contributed by atoms with Crippen LogP contribution in [-0.4, -0.2) is 11.1 Å². The summed E-state index contributed by atoms with van der Waals surface area (Å²) in [5, 5.41) is 0.764. The minimum absolute atomic E-state index is 0.121. The third-order valence-electron chi connectivity index (χ3n) is 3.16. The fourth-order valence-corrected chi connectivity index (χ4v) is 2.21. The van der Waals surface area contributed by atoms with Crippen LogP contribution in [0.1, 0.15) is 18.4 Å². The largest absolute Gasteiger partial charge is 0.330 e. The molecule has 1 heterocycles. The van der Waals surface area contributed by atoms with E-state index in [1.807, 2.05) is 6.07 Å². The van der Waals surface area contributed by atoms with Crippen molar-refractivity contribution in [2.24, 2.45) is 12.8 Å². The summed E-state index contributed by atoms with van der Waals surface area (Å²) in [5.74, 6) is -0.361. The lowest BCUT2D eigenvalue weighted by atomic mass is 10.1. The van der Waals surface area contributed by atoms with Gasteiger partial charge >= 0.3 is 0 Å². The van der Waals surface area contributed by atoms with E-state index in [2.05, 4.69) is 0 Å². The number of pyridine rings is 1. The zero-order chi connectivity index (χ0) is 13.1. The number of aromatic nitrogens is 1. The topological polar surface area (TPSA) is 48.0 Å². The van der Waals surface area contributed by atoms with Crippen molar-refractivity contribution in [3.05, 3.63) is 46.0 Å². The van der Waals surface area contributed by atoms with Crippen molar-refractivity contribution in [3.63, 3.8) is 0 Å². The highest BCUT2D eigenvalue weighted by Crippen LogP contribution is 2.17. The molecular formula is C14H17FN2O. The van der Waals surface area contributed by atoms with E-state index in [0.717, 1.165) is 23.8 Å². The van der Waals surface area contributed by atoms with E-state index in [-0.39, 0.29) is 11.4 Å². The summed E-state index contributed by atoms with van der Waals surface area (Å²) in [6, 6.07) is 6.64. The van der Waals surface area contributed by atoms with Crippen molar-refractivity contribution < 1.29 is 4.39 Å². The summed E-state index contributed by atoms with van der Waals surface area (Å²) in [6.45, 7) is 0.628. The smallest absolute Gasteiger partial charge is 0.254 e. The molecule has 2 aromatic rings. The van der Waals surface area contributed by atoms with Crippen molar-refractivity contribution in [3.8, 4) is 0 Å². The number of hydrogen-bond acceptors (Lipinski definition) is 2. The number of aryl methyl sites for hydroxylation is 2. The fourth-order valence-electron chi connectivity index (χ4n) is 2.21. The Morgan fingerprint density at radius 1 is 1.33 bits per heavy atom. The van der Waals surface area contributed by atoms with Crippen LogP contribution in [0.4, 0.5) is 4.39 Å². The van der Waals surface area contributed by atoms with Gasteiger partial charge in [0.05, 0.1) is 5.52 Å². The molecule has 0 aliphatic carbocycles. The van der Waals surface area contributed by atoms with Crippen molar-refractivity contribution in [1.82, 2.24) is 4.57 Å². The first-order chi connectivity index (χ1) is 8.65. The van der Waals surface area contributed by atoms with Gasteiger partial charge in [0.25, 0.3) is 5.56 Å². The first-order valence-corrected chi connectivity index (χ1v) is 6.12. The maximum atomic E-state index is 13.7. The summed E-state index contributed by atoms with van der Waals surface area (Å²) in [4.78, 5) is 12.1. The van der Waals surface area contributed by atoms with E-state index in [1.165, 1.54) is 10.6 Å². The molecular weight excluding hydrogens is 231 g/mol. The van der Waals surface area contributed by atoms with Crippen LogP contribution < -0.4 is 11.3 Å². The standard InChI is InChI=1S/C14H17FN2O/c1-17-13-10(6-4-7-12(13)15)9-11(14(17)18)5-2-3-8-16/h4,6-7,9H,2-3,5,8,16H2,1H3. The first-order valence-electron chi connectivity index (χ1n) is 6.12. The van der Waals surface area contributed by atoms with E-state index < -0.39 is 0 Å². The number of nitrogens with zero attached hydrogens (tertiary/aromatic N) is 1. The lowest BCUT2D eigenvalue weighted by Crippen LogP contribution is -2.22. The molecule has 0 unspecified atom stereocenters. The van der Waals surface area contributed by atoms with Gasteiger partial charge in [0.15, 0.2) is 0 Å². The van der Waals surface area contributed by atoms with E-state index in [0.29, 0.717) is 18.5 Å². The number of para-hydroxylation sites is 1. The second kappa shape index (κ2) is 5.31. The molecule has 0 saturated carbocycles. The quantitative estimate of drug-likeness (QED) is 0.841. The molecule has 0 aliphatic rings. The molecule has 2 N–H and O–H groups in total. The maximum absolute atomic E-state index is 13.7. The second-order valence-corrected chi connectivity index (χ2v) is 4.46. The highest BCUT2D eigenvalue weighted by molar-refractivity contribution is 5.80. The first kappa shape index (κ1) is 12.8. The Labute approximate surface area is 105 Å². The van der Waals surface area contributed by atoms with Crippen LogP contribution in [0.3, 0.4) is 0 Å². The van der Waals surface area contributed by atoms with Crippen molar-refractivity contribution in [1.29, 1.82) is 0 Å². The number of unbranched alkanes of at least 4 members (excludes halogenated alkanes) is 1. The van der Waals surface area contributed by atoms with Crippen LogP contribution in [0.25, 0.3) is 10.9 Å². The Morgan fingerprint density at radius 3 is 2.83 bits per heavy atom. The van der Waals surface area contributed by atoms with Gasteiger partial charge in [-0.1, -0.05) is 12.1 Å². The fraction of sp³-hybridized carbons (Fsp3) is 0.357. The molecule has 0 saturated heterocycles. The highest BCUT2D eigenvalue weighted by Gasteiger charge is 2.09. The molecule has 3 nitrogen and oxygen atoms in total. The van der Waals surface area contributed by atoms with Gasteiger partial charge in [0.1, 0.15) is 5.82 Å². The SMILES string of the molecule is Cn1c(=O)c(CCCCN)cc2cccc(F)c21. The van der Waals surface area contributed by atoms with Crippen LogP contribution in [0.15, 0.2) is 29.1 Å². The molecule has 0 aliphatic heterocycles. The molecule has 4 heteroatoms. The normalized spacial score (nSPS) is 11.1. The maximum Gasteiger partial charge on any atom is 0.254 e. The Kier molecular flexibility index (Phi) is 3.77. The van der Waals surface area contributed by atoms with Crippen molar-refractivity contribution >= 4 is 10.9 Å². The van der Waals surface area contributed by atoms with E-state index in [4.69, 9.17) is 5.73 Å². The third-order valence-corrected chi connectivity index (χ3v) is 3.16. The minimum Gasteiger partial charge on any atom is -0.330 e. The molecule has 1 aromatic heterocycles.